The van der Waals surface area contributed by atoms with Crippen LogP contribution in [0.3, 0.4) is 0 Å². The van der Waals surface area contributed by atoms with Crippen LogP contribution < -0.4 is 0 Å². The van der Waals surface area contributed by atoms with E-state index in [1.54, 1.807) is 0 Å². The average Bonchev–Trinajstić information content (AvgIpc) is 2.99. The van der Waals surface area contributed by atoms with Crippen LogP contribution in [-0.4, -0.2) is 57.5 Å². The van der Waals surface area contributed by atoms with E-state index in [1.165, 1.54) is 0 Å². The summed E-state index contributed by atoms with van der Waals surface area (Å²) in [5.74, 6) is -0.799. The van der Waals surface area contributed by atoms with Crippen molar-refractivity contribution >= 4 is 11.9 Å². The second-order valence-corrected chi connectivity index (χ2v) is 7.15. The van der Waals surface area contributed by atoms with Crippen LogP contribution in [0, 0.1) is 13.8 Å². The van der Waals surface area contributed by atoms with Crippen molar-refractivity contribution in [2.75, 3.05) is 19.7 Å². The molecular weight excluding hydrogens is 358 g/mol. The summed E-state index contributed by atoms with van der Waals surface area (Å²) >= 11 is 0. The van der Waals surface area contributed by atoms with E-state index in [9.17, 15) is 9.59 Å². The Bertz CT molecular complexity index is 857. The monoisotopic (exact) mass is 385 g/mol. The summed E-state index contributed by atoms with van der Waals surface area (Å²) in [5, 5.41) is 13.5. The number of aromatic nitrogens is 2. The number of carboxylic acid groups (broad SMARTS) is 1. The molecule has 1 unspecified atom stereocenters. The number of aliphatic carboxylic acids is 1. The van der Waals surface area contributed by atoms with Gasteiger partial charge in [0.15, 0.2) is 0 Å². The number of ether oxygens (including phenoxy) is 1. The third-order valence-corrected chi connectivity index (χ3v) is 5.27. The second kappa shape index (κ2) is 8.56. The number of rotatable bonds is 6. The van der Waals surface area contributed by atoms with Crippen LogP contribution in [0.2, 0.25) is 0 Å². The van der Waals surface area contributed by atoms with Crippen molar-refractivity contribution in [3.05, 3.63) is 46.8 Å². The SMILES string of the molecule is CCC1CN(C(=O)c2ccc(-n3nc(C)c(CCC(=O)O)c3C)cc2)CCO1. The zero-order valence-corrected chi connectivity index (χ0v) is 16.6. The zero-order chi connectivity index (χ0) is 20.3. The van der Waals surface area contributed by atoms with Gasteiger partial charge in [0.2, 0.25) is 0 Å². The number of aryl methyl sites for hydroxylation is 1. The van der Waals surface area contributed by atoms with Crippen molar-refractivity contribution < 1.29 is 19.4 Å². The maximum absolute atomic E-state index is 12.8. The highest BCUT2D eigenvalue weighted by Gasteiger charge is 2.24. The molecule has 0 spiro atoms. The molecule has 1 amide bonds. The molecule has 1 N–H and O–H groups in total. The van der Waals surface area contributed by atoms with Gasteiger partial charge in [0, 0.05) is 30.8 Å². The Morgan fingerprint density at radius 3 is 2.61 bits per heavy atom. The predicted octanol–water partition coefficient (Wildman–Crippen LogP) is 2.76. The van der Waals surface area contributed by atoms with Gasteiger partial charge in [-0.2, -0.15) is 5.10 Å². The molecule has 1 aliphatic rings. The van der Waals surface area contributed by atoms with E-state index in [0.717, 1.165) is 29.1 Å². The molecule has 0 aliphatic carbocycles. The highest BCUT2D eigenvalue weighted by Crippen LogP contribution is 2.20. The van der Waals surface area contributed by atoms with Gasteiger partial charge >= 0.3 is 5.97 Å². The van der Waals surface area contributed by atoms with Crippen LogP contribution in [0.1, 0.15) is 47.1 Å². The highest BCUT2D eigenvalue weighted by molar-refractivity contribution is 5.94. The lowest BCUT2D eigenvalue weighted by molar-refractivity contribution is -0.136. The summed E-state index contributed by atoms with van der Waals surface area (Å²) in [7, 11) is 0. The molecule has 7 heteroatoms. The summed E-state index contributed by atoms with van der Waals surface area (Å²) in [6, 6.07) is 7.40. The molecule has 28 heavy (non-hydrogen) atoms. The molecule has 1 aliphatic heterocycles. The van der Waals surface area contributed by atoms with Crippen LogP contribution in [0.5, 0.6) is 0 Å². The van der Waals surface area contributed by atoms with E-state index in [1.807, 2.05) is 47.7 Å². The quantitative estimate of drug-likeness (QED) is 0.826. The number of hydrogen-bond donors (Lipinski definition) is 1. The van der Waals surface area contributed by atoms with Gasteiger partial charge in [0.05, 0.1) is 24.1 Å². The summed E-state index contributed by atoms with van der Waals surface area (Å²) in [6.45, 7) is 7.71. The molecule has 2 heterocycles. The average molecular weight is 385 g/mol. The second-order valence-electron chi connectivity index (χ2n) is 7.15. The number of carboxylic acids is 1. The van der Waals surface area contributed by atoms with Crippen molar-refractivity contribution in [2.24, 2.45) is 0 Å². The zero-order valence-electron chi connectivity index (χ0n) is 16.6. The van der Waals surface area contributed by atoms with Gasteiger partial charge in [-0.25, -0.2) is 4.68 Å². The Hall–Kier alpha value is -2.67. The van der Waals surface area contributed by atoms with Crippen molar-refractivity contribution in [1.29, 1.82) is 0 Å². The number of benzene rings is 1. The van der Waals surface area contributed by atoms with Gasteiger partial charge in [-0.05, 0) is 56.5 Å². The van der Waals surface area contributed by atoms with Gasteiger partial charge in [-0.1, -0.05) is 6.92 Å². The van der Waals surface area contributed by atoms with Crippen LogP contribution in [0.4, 0.5) is 0 Å². The largest absolute Gasteiger partial charge is 0.481 e. The van der Waals surface area contributed by atoms with Crippen LogP contribution in [0.15, 0.2) is 24.3 Å². The molecule has 2 aromatic rings. The molecule has 3 rings (SSSR count). The van der Waals surface area contributed by atoms with E-state index in [2.05, 4.69) is 12.0 Å². The van der Waals surface area contributed by atoms with Crippen LogP contribution in [-0.2, 0) is 16.0 Å². The first kappa shape index (κ1) is 20.1. The van der Waals surface area contributed by atoms with E-state index in [4.69, 9.17) is 9.84 Å². The lowest BCUT2D eigenvalue weighted by Crippen LogP contribution is -2.45. The number of nitrogens with zero attached hydrogens (tertiary/aromatic N) is 3. The van der Waals surface area contributed by atoms with Gasteiger partial charge < -0.3 is 14.7 Å². The van der Waals surface area contributed by atoms with E-state index in [-0.39, 0.29) is 18.4 Å². The molecule has 1 aromatic heterocycles. The minimum atomic E-state index is -0.817. The Labute approximate surface area is 164 Å². The third-order valence-electron chi connectivity index (χ3n) is 5.27. The summed E-state index contributed by atoms with van der Waals surface area (Å²) in [5.41, 5.74) is 4.22. The Morgan fingerprint density at radius 2 is 1.96 bits per heavy atom. The Balaban J connectivity index is 1.76. The molecule has 1 atom stereocenters. The molecule has 150 valence electrons. The minimum Gasteiger partial charge on any atom is -0.481 e. The van der Waals surface area contributed by atoms with E-state index in [0.29, 0.717) is 31.7 Å². The molecule has 0 saturated carbocycles. The van der Waals surface area contributed by atoms with Crippen molar-refractivity contribution in [3.8, 4) is 5.69 Å². The first-order chi connectivity index (χ1) is 13.4. The van der Waals surface area contributed by atoms with Crippen molar-refractivity contribution in [1.82, 2.24) is 14.7 Å². The lowest BCUT2D eigenvalue weighted by atomic mass is 10.1. The highest BCUT2D eigenvalue weighted by atomic mass is 16.5. The summed E-state index contributed by atoms with van der Waals surface area (Å²) < 4.78 is 7.45. The Kier molecular flexibility index (Phi) is 6.14. The molecule has 1 saturated heterocycles. The van der Waals surface area contributed by atoms with E-state index >= 15 is 0 Å². The van der Waals surface area contributed by atoms with Crippen LogP contribution >= 0.6 is 0 Å². The Morgan fingerprint density at radius 1 is 1.25 bits per heavy atom. The van der Waals surface area contributed by atoms with Crippen molar-refractivity contribution in [2.45, 2.75) is 46.1 Å². The molecule has 0 bridgehead atoms. The number of amides is 1. The molecule has 7 nitrogen and oxygen atoms in total. The fourth-order valence-corrected chi connectivity index (χ4v) is 3.60. The summed E-state index contributed by atoms with van der Waals surface area (Å²) in [6.07, 6.45) is 1.54. The first-order valence-corrected chi connectivity index (χ1v) is 9.69. The molecule has 1 fully saturated rings. The molecule has 0 radical (unpaired) electrons. The smallest absolute Gasteiger partial charge is 0.303 e. The standard InChI is InChI=1S/C21H27N3O4/c1-4-18-13-23(11-12-28-18)21(27)16-5-7-17(8-6-16)24-15(3)19(14(2)22-24)9-10-20(25)26/h5-8,18H,4,9-13H2,1-3H3,(H,25,26). The fraction of sp³-hybridized carbons (Fsp3) is 0.476. The van der Waals surface area contributed by atoms with Crippen molar-refractivity contribution in [3.63, 3.8) is 0 Å². The van der Waals surface area contributed by atoms with Gasteiger partial charge in [-0.3, -0.25) is 9.59 Å². The van der Waals surface area contributed by atoms with Crippen LogP contribution in [0.25, 0.3) is 5.69 Å². The third kappa shape index (κ3) is 4.25. The number of carbonyl (C=O) groups excluding carboxylic acids is 1. The number of hydrogen-bond acceptors (Lipinski definition) is 4. The number of morpholine rings is 1. The maximum atomic E-state index is 12.8. The van der Waals surface area contributed by atoms with Gasteiger partial charge in [0.1, 0.15) is 0 Å². The predicted molar refractivity (Wildman–Crippen MR) is 105 cm³/mol. The molecule has 1 aromatic carbocycles. The molecular formula is C21H27N3O4. The summed E-state index contributed by atoms with van der Waals surface area (Å²) in [4.78, 5) is 25.5. The van der Waals surface area contributed by atoms with E-state index < -0.39 is 5.97 Å². The normalized spacial score (nSPS) is 17.0. The van der Waals surface area contributed by atoms with Gasteiger partial charge in [0.25, 0.3) is 5.91 Å². The maximum Gasteiger partial charge on any atom is 0.303 e. The first-order valence-electron chi connectivity index (χ1n) is 9.69. The number of carbonyl (C=O) groups is 2. The van der Waals surface area contributed by atoms with Gasteiger partial charge in [-0.15, -0.1) is 0 Å². The topological polar surface area (TPSA) is 84.7 Å². The minimum absolute atomic E-state index is 0.0174. The fourth-order valence-electron chi connectivity index (χ4n) is 3.60. The lowest BCUT2D eigenvalue weighted by Gasteiger charge is -2.32.